The fourth-order valence-electron chi connectivity index (χ4n) is 2.74. The minimum Gasteiger partial charge on any atom is -0.481 e. The molecule has 3 nitrogen and oxygen atoms in total. The Kier molecular flexibility index (Phi) is 5.56. The van der Waals surface area contributed by atoms with Crippen LogP contribution in [0.15, 0.2) is 66.7 Å². The first-order valence-electron chi connectivity index (χ1n) is 8.34. The second-order valence-electron chi connectivity index (χ2n) is 5.82. The van der Waals surface area contributed by atoms with Gasteiger partial charge in [-0.05, 0) is 47.0 Å². The molecule has 0 radical (unpaired) electrons. The van der Waals surface area contributed by atoms with E-state index in [2.05, 4.69) is 23.5 Å². The number of hydrogen-bond acceptors (Lipinski definition) is 2. The molecular formula is C21H20ClNO2. The summed E-state index contributed by atoms with van der Waals surface area (Å²) in [5.74, 6) is 0.516. The zero-order chi connectivity index (χ0) is 17.6. The van der Waals surface area contributed by atoms with Crippen molar-refractivity contribution < 1.29 is 9.53 Å². The Morgan fingerprint density at radius 2 is 1.76 bits per heavy atom. The molecule has 4 heteroatoms. The third-order valence-corrected chi connectivity index (χ3v) is 4.34. The largest absolute Gasteiger partial charge is 0.481 e. The van der Waals surface area contributed by atoms with E-state index in [0.717, 1.165) is 10.9 Å². The normalized spacial score (nSPS) is 11.9. The molecule has 0 aromatic heterocycles. The second-order valence-corrected chi connectivity index (χ2v) is 6.26. The van der Waals surface area contributed by atoms with Crippen molar-refractivity contribution >= 4 is 28.3 Å². The van der Waals surface area contributed by atoms with Crippen molar-refractivity contribution in [3.63, 3.8) is 0 Å². The highest BCUT2D eigenvalue weighted by Gasteiger charge is 2.18. The van der Waals surface area contributed by atoms with E-state index in [1.807, 2.05) is 31.2 Å². The van der Waals surface area contributed by atoms with Gasteiger partial charge in [-0.25, -0.2) is 0 Å². The number of carbonyl (C=O) groups excluding carboxylic acids is 1. The van der Waals surface area contributed by atoms with Gasteiger partial charge in [0.1, 0.15) is 5.75 Å². The van der Waals surface area contributed by atoms with E-state index >= 15 is 0 Å². The van der Waals surface area contributed by atoms with Crippen molar-refractivity contribution in [2.24, 2.45) is 0 Å². The summed E-state index contributed by atoms with van der Waals surface area (Å²) in [5, 5.41) is 5.94. The van der Waals surface area contributed by atoms with E-state index in [-0.39, 0.29) is 5.91 Å². The van der Waals surface area contributed by atoms with Crippen LogP contribution in [-0.2, 0) is 11.3 Å². The zero-order valence-corrected chi connectivity index (χ0v) is 14.8. The molecule has 1 atom stereocenters. The van der Waals surface area contributed by atoms with E-state index in [0.29, 0.717) is 23.7 Å². The van der Waals surface area contributed by atoms with Crippen LogP contribution in [-0.4, -0.2) is 12.0 Å². The third-order valence-electron chi connectivity index (χ3n) is 4.09. The average molecular weight is 354 g/mol. The third kappa shape index (κ3) is 4.31. The molecule has 25 heavy (non-hydrogen) atoms. The maximum absolute atomic E-state index is 12.5. The molecule has 128 valence electrons. The van der Waals surface area contributed by atoms with E-state index in [4.69, 9.17) is 16.3 Å². The lowest BCUT2D eigenvalue weighted by Crippen LogP contribution is -2.37. The maximum atomic E-state index is 12.5. The highest BCUT2D eigenvalue weighted by molar-refractivity contribution is 6.30. The first-order chi connectivity index (χ1) is 12.2. The highest BCUT2D eigenvalue weighted by Crippen LogP contribution is 2.19. The van der Waals surface area contributed by atoms with Crippen molar-refractivity contribution in [1.29, 1.82) is 0 Å². The van der Waals surface area contributed by atoms with Crippen LogP contribution in [0, 0.1) is 0 Å². The summed E-state index contributed by atoms with van der Waals surface area (Å²) < 4.78 is 5.79. The minimum atomic E-state index is -0.531. The molecule has 0 aliphatic heterocycles. The Balaban J connectivity index is 1.66. The molecule has 3 aromatic carbocycles. The molecule has 3 aromatic rings. The van der Waals surface area contributed by atoms with Gasteiger partial charge in [0, 0.05) is 11.6 Å². The second kappa shape index (κ2) is 8.04. The molecular weight excluding hydrogens is 334 g/mol. The lowest BCUT2D eigenvalue weighted by molar-refractivity contribution is -0.128. The van der Waals surface area contributed by atoms with Crippen LogP contribution >= 0.6 is 11.6 Å². The van der Waals surface area contributed by atoms with Gasteiger partial charge in [-0.3, -0.25) is 4.79 Å². The van der Waals surface area contributed by atoms with Crippen LogP contribution in [0.5, 0.6) is 5.75 Å². The van der Waals surface area contributed by atoms with Gasteiger partial charge in [-0.15, -0.1) is 0 Å². The van der Waals surface area contributed by atoms with Crippen molar-refractivity contribution in [2.45, 2.75) is 26.0 Å². The number of nitrogens with one attached hydrogen (secondary N) is 1. The molecule has 0 spiro atoms. The van der Waals surface area contributed by atoms with Gasteiger partial charge in [0.15, 0.2) is 6.10 Å². The van der Waals surface area contributed by atoms with Crippen LogP contribution in [0.25, 0.3) is 10.8 Å². The maximum Gasteiger partial charge on any atom is 0.261 e. The van der Waals surface area contributed by atoms with Gasteiger partial charge in [0.2, 0.25) is 0 Å². The number of benzene rings is 3. The van der Waals surface area contributed by atoms with Crippen LogP contribution in [0.4, 0.5) is 0 Å². The smallest absolute Gasteiger partial charge is 0.261 e. The van der Waals surface area contributed by atoms with Gasteiger partial charge in [-0.1, -0.05) is 61.0 Å². The zero-order valence-electron chi connectivity index (χ0n) is 14.0. The lowest BCUT2D eigenvalue weighted by atomic mass is 10.0. The van der Waals surface area contributed by atoms with Crippen LogP contribution in [0.1, 0.15) is 18.9 Å². The SMILES string of the molecule is CC[C@H](Oc1ccc(Cl)cc1)C(=O)NCc1cccc2ccccc12. The van der Waals surface area contributed by atoms with Gasteiger partial charge in [-0.2, -0.15) is 0 Å². The molecule has 0 unspecified atom stereocenters. The van der Waals surface area contributed by atoms with Gasteiger partial charge in [0.05, 0.1) is 0 Å². The summed E-state index contributed by atoms with van der Waals surface area (Å²) in [6, 6.07) is 21.3. The first kappa shape index (κ1) is 17.3. The van der Waals surface area contributed by atoms with E-state index in [1.54, 1.807) is 24.3 Å². The Bertz CT molecular complexity index is 856. The minimum absolute atomic E-state index is 0.120. The molecule has 0 aliphatic carbocycles. The topological polar surface area (TPSA) is 38.3 Å². The summed E-state index contributed by atoms with van der Waals surface area (Å²) in [6.45, 7) is 2.40. The van der Waals surface area contributed by atoms with Crippen LogP contribution in [0.2, 0.25) is 5.02 Å². The van der Waals surface area contributed by atoms with Gasteiger partial charge in [0.25, 0.3) is 5.91 Å². The Hall–Kier alpha value is -2.52. The van der Waals surface area contributed by atoms with Crippen molar-refractivity contribution in [2.75, 3.05) is 0 Å². The Labute approximate surface area is 152 Å². The summed E-state index contributed by atoms with van der Waals surface area (Å²) in [6.07, 6.45) is 0.0560. The molecule has 0 heterocycles. The number of amides is 1. The monoisotopic (exact) mass is 353 g/mol. The molecule has 0 bridgehead atoms. The molecule has 1 amide bonds. The first-order valence-corrected chi connectivity index (χ1v) is 8.71. The van der Waals surface area contributed by atoms with E-state index < -0.39 is 6.10 Å². The average Bonchev–Trinajstić information content (AvgIpc) is 2.65. The van der Waals surface area contributed by atoms with Crippen molar-refractivity contribution in [1.82, 2.24) is 5.32 Å². The van der Waals surface area contributed by atoms with E-state index in [9.17, 15) is 4.79 Å². The number of carbonyl (C=O) groups is 1. The summed E-state index contributed by atoms with van der Waals surface area (Å²) in [5.41, 5.74) is 1.09. The van der Waals surface area contributed by atoms with E-state index in [1.165, 1.54) is 5.39 Å². The lowest BCUT2D eigenvalue weighted by Gasteiger charge is -2.17. The Morgan fingerprint density at radius 3 is 2.52 bits per heavy atom. The van der Waals surface area contributed by atoms with Crippen LogP contribution in [0.3, 0.4) is 0 Å². The standard InChI is InChI=1S/C21H20ClNO2/c1-2-20(25-18-12-10-17(22)11-13-18)21(24)23-14-16-8-5-7-15-6-3-4-9-19(15)16/h3-13,20H,2,14H2,1H3,(H,23,24)/t20-/m0/s1. The molecule has 0 saturated carbocycles. The predicted octanol–water partition coefficient (Wildman–Crippen LogP) is 4.97. The summed E-state index contributed by atoms with van der Waals surface area (Å²) in [7, 11) is 0. The number of fused-ring (bicyclic) bond motifs is 1. The summed E-state index contributed by atoms with van der Waals surface area (Å²) in [4.78, 5) is 12.5. The highest BCUT2D eigenvalue weighted by atomic mass is 35.5. The number of rotatable bonds is 6. The summed E-state index contributed by atoms with van der Waals surface area (Å²) >= 11 is 5.88. The molecule has 0 aliphatic rings. The Morgan fingerprint density at radius 1 is 1.04 bits per heavy atom. The van der Waals surface area contributed by atoms with Gasteiger partial charge >= 0.3 is 0 Å². The fraction of sp³-hybridized carbons (Fsp3) is 0.190. The fourth-order valence-corrected chi connectivity index (χ4v) is 2.87. The molecule has 0 fully saturated rings. The predicted molar refractivity (Wildman–Crippen MR) is 102 cm³/mol. The number of halogens is 1. The molecule has 3 rings (SSSR count). The number of hydrogen-bond donors (Lipinski definition) is 1. The number of ether oxygens (including phenoxy) is 1. The quantitative estimate of drug-likeness (QED) is 0.679. The molecule has 0 saturated heterocycles. The van der Waals surface area contributed by atoms with Gasteiger partial charge < -0.3 is 10.1 Å². The van der Waals surface area contributed by atoms with Crippen molar-refractivity contribution in [3.8, 4) is 5.75 Å². The molecule has 1 N–H and O–H groups in total. The van der Waals surface area contributed by atoms with Crippen molar-refractivity contribution in [3.05, 3.63) is 77.3 Å². The van der Waals surface area contributed by atoms with Crippen LogP contribution < -0.4 is 10.1 Å².